The number of nitrogens with zero attached hydrogens (tertiary/aromatic N) is 2. The first-order chi connectivity index (χ1) is 13.3. The highest BCUT2D eigenvalue weighted by Crippen LogP contribution is 2.30. The number of hydrogen-bond acceptors (Lipinski definition) is 6. The SMILES string of the molecule is Nc1ncnc(CNC2CCNC2)c1-c1ccc(Oc2ccccc2)cc1. The fourth-order valence-corrected chi connectivity index (χ4v) is 3.27. The summed E-state index contributed by atoms with van der Waals surface area (Å²) in [6.07, 6.45) is 2.65. The van der Waals surface area contributed by atoms with Crippen molar-refractivity contribution < 1.29 is 4.74 Å². The number of anilines is 1. The quantitative estimate of drug-likeness (QED) is 0.626. The Balaban J connectivity index is 1.53. The molecule has 1 unspecified atom stereocenters. The fourth-order valence-electron chi connectivity index (χ4n) is 3.27. The van der Waals surface area contributed by atoms with Crippen molar-refractivity contribution in [3.05, 3.63) is 66.6 Å². The minimum atomic E-state index is 0.468. The molecule has 0 spiro atoms. The van der Waals surface area contributed by atoms with Crippen molar-refractivity contribution in [2.24, 2.45) is 0 Å². The predicted octanol–water partition coefficient (Wildman–Crippen LogP) is 2.97. The average molecular weight is 361 g/mol. The predicted molar refractivity (Wildman–Crippen MR) is 107 cm³/mol. The lowest BCUT2D eigenvalue weighted by molar-refractivity contribution is 0.483. The van der Waals surface area contributed by atoms with Crippen molar-refractivity contribution >= 4 is 5.82 Å². The summed E-state index contributed by atoms with van der Waals surface area (Å²) in [7, 11) is 0. The van der Waals surface area contributed by atoms with Crippen LogP contribution in [0.4, 0.5) is 5.82 Å². The number of nitrogen functional groups attached to an aromatic ring is 1. The largest absolute Gasteiger partial charge is 0.457 e. The summed E-state index contributed by atoms with van der Waals surface area (Å²) in [4.78, 5) is 8.64. The van der Waals surface area contributed by atoms with Gasteiger partial charge in [-0.3, -0.25) is 0 Å². The number of hydrogen-bond donors (Lipinski definition) is 3. The van der Waals surface area contributed by atoms with Crippen LogP contribution in [0.25, 0.3) is 11.1 Å². The lowest BCUT2D eigenvalue weighted by atomic mass is 10.0. The number of aromatic nitrogens is 2. The van der Waals surface area contributed by atoms with E-state index in [0.717, 1.165) is 47.8 Å². The number of nitrogens with one attached hydrogen (secondary N) is 2. The molecule has 3 aromatic rings. The summed E-state index contributed by atoms with van der Waals surface area (Å²) in [6, 6.07) is 18.1. The lowest BCUT2D eigenvalue weighted by Crippen LogP contribution is -2.31. The normalized spacial score (nSPS) is 16.4. The van der Waals surface area contributed by atoms with E-state index in [9.17, 15) is 0 Å². The molecule has 27 heavy (non-hydrogen) atoms. The van der Waals surface area contributed by atoms with Crippen molar-refractivity contribution in [3.8, 4) is 22.6 Å². The smallest absolute Gasteiger partial charge is 0.135 e. The van der Waals surface area contributed by atoms with E-state index in [1.807, 2.05) is 54.6 Å². The molecule has 0 amide bonds. The molecule has 0 saturated carbocycles. The maximum atomic E-state index is 6.18. The summed E-state index contributed by atoms with van der Waals surface area (Å²) < 4.78 is 5.86. The van der Waals surface area contributed by atoms with Crippen LogP contribution in [-0.2, 0) is 6.54 Å². The fraction of sp³-hybridized carbons (Fsp3) is 0.238. The molecule has 0 aliphatic carbocycles. The topological polar surface area (TPSA) is 85.1 Å². The Labute approximate surface area is 158 Å². The lowest BCUT2D eigenvalue weighted by Gasteiger charge is -2.15. The van der Waals surface area contributed by atoms with Crippen LogP contribution in [0.3, 0.4) is 0 Å². The van der Waals surface area contributed by atoms with Crippen molar-refractivity contribution in [1.29, 1.82) is 0 Å². The van der Waals surface area contributed by atoms with Crippen molar-refractivity contribution in [3.63, 3.8) is 0 Å². The Hall–Kier alpha value is -2.96. The van der Waals surface area contributed by atoms with Gasteiger partial charge in [-0.25, -0.2) is 9.97 Å². The van der Waals surface area contributed by atoms with Gasteiger partial charge in [0.1, 0.15) is 23.6 Å². The van der Waals surface area contributed by atoms with E-state index in [0.29, 0.717) is 18.4 Å². The van der Waals surface area contributed by atoms with Gasteiger partial charge in [0, 0.05) is 24.7 Å². The molecule has 6 nitrogen and oxygen atoms in total. The molecule has 1 fully saturated rings. The molecule has 138 valence electrons. The molecule has 1 atom stereocenters. The van der Waals surface area contributed by atoms with Gasteiger partial charge in [-0.1, -0.05) is 30.3 Å². The molecule has 4 N–H and O–H groups in total. The van der Waals surface area contributed by atoms with Crippen LogP contribution in [0.1, 0.15) is 12.1 Å². The van der Waals surface area contributed by atoms with Crippen LogP contribution in [0.2, 0.25) is 0 Å². The number of rotatable bonds is 6. The molecule has 1 aromatic heterocycles. The molecule has 1 aliphatic heterocycles. The van der Waals surface area contributed by atoms with Crippen LogP contribution in [0, 0.1) is 0 Å². The minimum absolute atomic E-state index is 0.468. The molecule has 1 saturated heterocycles. The molecule has 2 aromatic carbocycles. The number of nitrogens with two attached hydrogens (primary N) is 1. The molecule has 0 radical (unpaired) electrons. The highest BCUT2D eigenvalue weighted by atomic mass is 16.5. The van der Waals surface area contributed by atoms with Crippen LogP contribution in [0.5, 0.6) is 11.5 Å². The number of para-hydroxylation sites is 1. The van der Waals surface area contributed by atoms with Gasteiger partial charge in [0.15, 0.2) is 0 Å². The highest BCUT2D eigenvalue weighted by Gasteiger charge is 2.16. The van der Waals surface area contributed by atoms with Crippen molar-refractivity contribution in [2.75, 3.05) is 18.8 Å². The van der Waals surface area contributed by atoms with Crippen LogP contribution in [0.15, 0.2) is 60.9 Å². The number of ether oxygens (including phenoxy) is 1. The highest BCUT2D eigenvalue weighted by molar-refractivity contribution is 5.76. The standard InChI is InChI=1S/C21H23N5O/c22-21-20(19(25-14-26-21)13-24-16-10-11-23-12-16)15-6-8-18(9-7-15)27-17-4-2-1-3-5-17/h1-9,14,16,23-24H,10-13H2,(H2,22,25,26). The maximum absolute atomic E-state index is 6.18. The van der Waals surface area contributed by atoms with Gasteiger partial charge in [-0.15, -0.1) is 0 Å². The van der Waals surface area contributed by atoms with Gasteiger partial charge in [0.05, 0.1) is 5.69 Å². The van der Waals surface area contributed by atoms with Gasteiger partial charge in [0.2, 0.25) is 0 Å². The Bertz CT molecular complexity index is 877. The summed E-state index contributed by atoms with van der Waals surface area (Å²) in [5.74, 6) is 2.07. The summed E-state index contributed by atoms with van der Waals surface area (Å²) >= 11 is 0. The molecule has 6 heteroatoms. The van der Waals surface area contributed by atoms with Gasteiger partial charge in [0.25, 0.3) is 0 Å². The first kappa shape index (κ1) is 17.5. The summed E-state index contributed by atoms with van der Waals surface area (Å²) in [5.41, 5.74) is 8.94. The molecular weight excluding hydrogens is 338 g/mol. The third-order valence-corrected chi connectivity index (χ3v) is 4.70. The van der Waals surface area contributed by atoms with Crippen LogP contribution >= 0.6 is 0 Å². The van der Waals surface area contributed by atoms with Crippen molar-refractivity contribution in [1.82, 2.24) is 20.6 Å². The zero-order valence-electron chi connectivity index (χ0n) is 15.1. The first-order valence-corrected chi connectivity index (χ1v) is 9.16. The van der Waals surface area contributed by atoms with E-state index in [-0.39, 0.29) is 0 Å². The summed E-state index contributed by atoms with van der Waals surface area (Å²) in [5, 5.41) is 6.90. The zero-order valence-corrected chi connectivity index (χ0v) is 15.1. The Morgan fingerprint density at radius 2 is 1.81 bits per heavy atom. The van der Waals surface area contributed by atoms with Gasteiger partial charge in [-0.05, 0) is 42.8 Å². The zero-order chi connectivity index (χ0) is 18.5. The molecule has 1 aliphatic rings. The number of benzene rings is 2. The second kappa shape index (κ2) is 8.16. The average Bonchev–Trinajstić information content (AvgIpc) is 3.22. The summed E-state index contributed by atoms with van der Waals surface area (Å²) in [6.45, 7) is 2.71. The molecule has 2 heterocycles. The monoisotopic (exact) mass is 361 g/mol. The molecule has 0 bridgehead atoms. The Morgan fingerprint density at radius 3 is 2.56 bits per heavy atom. The van der Waals surface area contributed by atoms with Crippen molar-refractivity contribution in [2.45, 2.75) is 19.0 Å². The van der Waals surface area contributed by atoms with E-state index >= 15 is 0 Å². The maximum Gasteiger partial charge on any atom is 0.135 e. The van der Waals surface area contributed by atoms with Gasteiger partial charge >= 0.3 is 0 Å². The van der Waals surface area contributed by atoms with E-state index < -0.39 is 0 Å². The van der Waals surface area contributed by atoms with Gasteiger partial charge < -0.3 is 21.1 Å². The second-order valence-electron chi connectivity index (χ2n) is 6.59. The van der Waals surface area contributed by atoms with E-state index in [4.69, 9.17) is 10.5 Å². The second-order valence-corrected chi connectivity index (χ2v) is 6.59. The van der Waals surface area contributed by atoms with Crippen LogP contribution in [-0.4, -0.2) is 29.1 Å². The van der Waals surface area contributed by atoms with E-state index in [1.54, 1.807) is 0 Å². The van der Waals surface area contributed by atoms with Crippen LogP contribution < -0.4 is 21.1 Å². The van der Waals surface area contributed by atoms with E-state index in [1.165, 1.54) is 6.33 Å². The minimum Gasteiger partial charge on any atom is -0.457 e. The Morgan fingerprint density at radius 1 is 1.04 bits per heavy atom. The molecule has 4 rings (SSSR count). The Kier molecular flexibility index (Phi) is 5.27. The molecular formula is C21H23N5O. The third kappa shape index (κ3) is 4.24. The van der Waals surface area contributed by atoms with E-state index in [2.05, 4.69) is 20.6 Å². The third-order valence-electron chi connectivity index (χ3n) is 4.70. The van der Waals surface area contributed by atoms with Gasteiger partial charge in [-0.2, -0.15) is 0 Å². The first-order valence-electron chi connectivity index (χ1n) is 9.16.